The molecule has 4 heterocycles. The first kappa shape index (κ1) is 42.9. The minimum Gasteiger partial charge on any atom is -0.434 e. The minimum absolute atomic E-state index is 0.0454. The van der Waals surface area contributed by atoms with E-state index >= 15 is 0 Å². The molecule has 11 atom stereocenters. The summed E-state index contributed by atoms with van der Waals surface area (Å²) in [5, 5.41) is 5.73. The van der Waals surface area contributed by atoms with Gasteiger partial charge in [-0.15, -0.1) is 0 Å². The highest BCUT2D eigenvalue weighted by Gasteiger charge is 2.69. The molecule has 57 heavy (non-hydrogen) atoms. The number of amides is 3. The van der Waals surface area contributed by atoms with Crippen LogP contribution in [0.15, 0.2) is 72.6 Å². The third-order valence-electron chi connectivity index (χ3n) is 11.5. The number of carbonyl (C=O) groups is 3. The molecular formula is C41H56N3O12P. The first-order valence-electron chi connectivity index (χ1n) is 19.8. The largest absolute Gasteiger partial charge is 0.434 e. The monoisotopic (exact) mass is 813 g/mol. The molecule has 3 amide bonds. The SMILES string of the molecule is CCOP(=O)(/C=C/C(NC(=O)[C@H](Cc1ccccc1)NC(=O)[C@H](CO[C@H]1O[C@@H]2O[C@@]3(C)CC[C@H]4[C@H](C)CC[C@@H]([C@H]1C)[C@@]24OO3)OC(N)=O)c1ccccc1)OCC. The van der Waals surface area contributed by atoms with Gasteiger partial charge in [0.25, 0.3) is 5.91 Å². The van der Waals surface area contributed by atoms with Crippen molar-refractivity contribution in [3.63, 3.8) is 0 Å². The second-order valence-electron chi connectivity index (χ2n) is 15.4. The predicted molar refractivity (Wildman–Crippen MR) is 207 cm³/mol. The molecule has 7 rings (SSSR count). The summed E-state index contributed by atoms with van der Waals surface area (Å²) in [6, 6.07) is 16.2. The average molecular weight is 814 g/mol. The van der Waals surface area contributed by atoms with E-state index in [9.17, 15) is 18.9 Å². The molecule has 5 aliphatic rings. The van der Waals surface area contributed by atoms with E-state index in [4.69, 9.17) is 43.5 Å². The number of nitrogens with one attached hydrogen (secondary N) is 2. The Bertz CT molecular complexity index is 1760. The molecule has 4 N–H and O–H groups in total. The lowest BCUT2D eigenvalue weighted by Gasteiger charge is -2.60. The zero-order valence-electron chi connectivity index (χ0n) is 33.2. The fourth-order valence-corrected chi connectivity index (χ4v) is 10.1. The van der Waals surface area contributed by atoms with Gasteiger partial charge in [0.2, 0.25) is 17.8 Å². The lowest BCUT2D eigenvalue weighted by molar-refractivity contribution is -0.577. The topological polar surface area (TPSA) is 192 Å². The first-order valence-corrected chi connectivity index (χ1v) is 21.5. The Labute approximate surface area is 334 Å². The molecule has 1 saturated carbocycles. The zero-order chi connectivity index (χ0) is 40.8. The van der Waals surface area contributed by atoms with Gasteiger partial charge in [0.15, 0.2) is 18.2 Å². The number of ether oxygens (including phenoxy) is 4. The fraction of sp³-hybridized carbons (Fsp3) is 0.585. The Balaban J connectivity index is 1.20. The van der Waals surface area contributed by atoms with E-state index in [1.165, 1.54) is 5.82 Å². The smallest absolute Gasteiger partial charge is 0.405 e. The molecule has 312 valence electrons. The number of nitrogens with two attached hydrogens (primary N) is 1. The van der Waals surface area contributed by atoms with Gasteiger partial charge in [0.1, 0.15) is 6.04 Å². The summed E-state index contributed by atoms with van der Waals surface area (Å²) in [7, 11) is -3.62. The minimum atomic E-state index is -3.62. The third-order valence-corrected chi connectivity index (χ3v) is 13.3. The summed E-state index contributed by atoms with van der Waals surface area (Å²) in [4.78, 5) is 52.5. The second-order valence-corrected chi connectivity index (χ2v) is 17.3. The van der Waals surface area contributed by atoms with Crippen molar-refractivity contribution >= 4 is 25.5 Å². The van der Waals surface area contributed by atoms with E-state index in [2.05, 4.69) is 17.6 Å². The van der Waals surface area contributed by atoms with Crippen LogP contribution in [0.4, 0.5) is 4.79 Å². The van der Waals surface area contributed by atoms with Crippen molar-refractivity contribution in [1.82, 2.24) is 10.6 Å². The highest BCUT2D eigenvalue weighted by Crippen LogP contribution is 2.60. The lowest BCUT2D eigenvalue weighted by atomic mass is 9.58. The Kier molecular flexibility index (Phi) is 13.9. The van der Waals surface area contributed by atoms with Crippen molar-refractivity contribution in [1.29, 1.82) is 0 Å². The summed E-state index contributed by atoms with van der Waals surface area (Å²) >= 11 is 0. The molecule has 2 aromatic rings. The molecule has 1 unspecified atom stereocenters. The highest BCUT2D eigenvalue weighted by atomic mass is 31.2. The summed E-state index contributed by atoms with van der Waals surface area (Å²) in [5.74, 6) is -0.794. The number of carbonyl (C=O) groups excluding carboxylic acids is 3. The molecule has 4 saturated heterocycles. The molecule has 16 heteroatoms. The average Bonchev–Trinajstić information content (AvgIpc) is 3.42. The van der Waals surface area contributed by atoms with Crippen LogP contribution in [0.2, 0.25) is 0 Å². The maximum Gasteiger partial charge on any atom is 0.405 e. The summed E-state index contributed by atoms with van der Waals surface area (Å²) < 4.78 is 48.6. The molecule has 0 aromatic heterocycles. The van der Waals surface area contributed by atoms with Gasteiger partial charge < -0.3 is 44.4 Å². The Morgan fingerprint density at radius 3 is 2.28 bits per heavy atom. The van der Waals surface area contributed by atoms with Crippen molar-refractivity contribution in [2.45, 2.75) is 109 Å². The van der Waals surface area contributed by atoms with Crippen molar-refractivity contribution in [3.8, 4) is 0 Å². The van der Waals surface area contributed by atoms with E-state index in [1.807, 2.05) is 50.2 Å². The fourth-order valence-electron chi connectivity index (χ4n) is 8.70. The van der Waals surface area contributed by atoms with E-state index in [0.717, 1.165) is 24.8 Å². The van der Waals surface area contributed by atoms with Crippen molar-refractivity contribution in [2.75, 3.05) is 19.8 Å². The number of hydrogen-bond donors (Lipinski definition) is 3. The van der Waals surface area contributed by atoms with E-state index in [-0.39, 0.29) is 37.4 Å². The van der Waals surface area contributed by atoms with Gasteiger partial charge >= 0.3 is 13.7 Å². The highest BCUT2D eigenvalue weighted by molar-refractivity contribution is 7.57. The molecule has 2 aromatic carbocycles. The Morgan fingerprint density at radius 2 is 1.61 bits per heavy atom. The van der Waals surface area contributed by atoms with Gasteiger partial charge in [-0.2, -0.15) is 0 Å². The van der Waals surface area contributed by atoms with Gasteiger partial charge in [0.05, 0.1) is 25.9 Å². The normalized spacial score (nSPS) is 31.0. The van der Waals surface area contributed by atoms with Crippen LogP contribution < -0.4 is 16.4 Å². The predicted octanol–water partition coefficient (Wildman–Crippen LogP) is 6.04. The van der Waals surface area contributed by atoms with Crippen LogP contribution >= 0.6 is 7.60 Å². The summed E-state index contributed by atoms with van der Waals surface area (Å²) in [5.41, 5.74) is 6.06. The molecule has 4 aliphatic heterocycles. The van der Waals surface area contributed by atoms with Crippen LogP contribution in [-0.2, 0) is 58.3 Å². The van der Waals surface area contributed by atoms with E-state index < -0.39 is 74.3 Å². The van der Waals surface area contributed by atoms with Crippen LogP contribution in [-0.4, -0.2) is 73.8 Å². The second kappa shape index (κ2) is 18.5. The van der Waals surface area contributed by atoms with E-state index in [1.54, 1.807) is 44.2 Å². The van der Waals surface area contributed by atoms with Crippen molar-refractivity contribution < 1.29 is 56.7 Å². The van der Waals surface area contributed by atoms with Gasteiger partial charge in [0, 0.05) is 30.5 Å². The summed E-state index contributed by atoms with van der Waals surface area (Å²) in [6.07, 6.45) is 0.553. The number of benzene rings is 2. The van der Waals surface area contributed by atoms with Crippen LogP contribution in [0.25, 0.3) is 0 Å². The number of fused-ring (bicyclic) bond motifs is 2. The molecule has 1 spiro atoms. The molecule has 15 nitrogen and oxygen atoms in total. The van der Waals surface area contributed by atoms with Gasteiger partial charge in [-0.3, -0.25) is 14.2 Å². The van der Waals surface area contributed by atoms with Crippen molar-refractivity contribution in [3.05, 3.63) is 83.7 Å². The van der Waals surface area contributed by atoms with Crippen LogP contribution in [0, 0.1) is 23.7 Å². The summed E-state index contributed by atoms with van der Waals surface area (Å²) in [6.45, 7) is 9.33. The van der Waals surface area contributed by atoms with Gasteiger partial charge in [-0.1, -0.05) is 74.5 Å². The van der Waals surface area contributed by atoms with Gasteiger partial charge in [-0.05, 0) is 69.1 Å². The molecule has 1 aliphatic carbocycles. The first-order chi connectivity index (χ1) is 27.3. The van der Waals surface area contributed by atoms with Crippen LogP contribution in [0.1, 0.15) is 77.5 Å². The zero-order valence-corrected chi connectivity index (χ0v) is 34.1. The molecule has 5 fully saturated rings. The Hall–Kier alpha value is -3.66. The standard InChI is InChI=1S/C41H56N3O12P/c1-6-50-57(48,51-7-2)23-21-32(29-16-12-9-13-17-29)43-35(45)33(24-28-14-10-8-11-15-28)44-36(46)34(52-39(42)47)25-49-37-27(4)31-19-18-26(3)30-20-22-40(5)54-38(53-37)41(30,31)56-55-40/h8-17,21,23,26-27,30-34,37-38H,6-7,18-20,22,24-25H2,1-5H3,(H2,42,47)(H,43,45)(H,44,46)/b23-21+/t26-,27-,30+,31+,32?,33+,34+,37+,38-,40-,41-/m1/s1. The number of hydrogen-bond acceptors (Lipinski definition) is 12. The third kappa shape index (κ3) is 9.80. The van der Waals surface area contributed by atoms with Crippen molar-refractivity contribution in [2.24, 2.45) is 29.4 Å². The number of rotatable bonds is 17. The molecule has 2 bridgehead atoms. The lowest BCUT2D eigenvalue weighted by Crippen LogP contribution is -2.70. The van der Waals surface area contributed by atoms with Gasteiger partial charge in [-0.25, -0.2) is 14.6 Å². The number of primary amides is 1. The Morgan fingerprint density at radius 1 is 0.930 bits per heavy atom. The molecular weight excluding hydrogens is 757 g/mol. The van der Waals surface area contributed by atoms with Crippen LogP contribution in [0.5, 0.6) is 0 Å². The van der Waals surface area contributed by atoms with E-state index in [0.29, 0.717) is 17.9 Å². The maximum absolute atomic E-state index is 14.2. The molecule has 0 radical (unpaired) electrons. The van der Waals surface area contributed by atoms with Crippen LogP contribution in [0.3, 0.4) is 0 Å². The quantitative estimate of drug-likeness (QED) is 0.124. The maximum atomic E-state index is 14.2.